The Kier molecular flexibility index (Phi) is 98.4. The van der Waals surface area contributed by atoms with Crippen LogP contribution in [0, 0.1) is 54.1 Å². The molecule has 0 amide bonds. The molecule has 0 aromatic carbocycles. The van der Waals surface area contributed by atoms with Crippen molar-refractivity contribution < 1.29 is 76.3 Å². The van der Waals surface area contributed by atoms with Gasteiger partial charge in [0.05, 0.1) is 43.3 Å². The van der Waals surface area contributed by atoms with E-state index >= 15 is 0 Å². The van der Waals surface area contributed by atoms with Crippen LogP contribution >= 0.6 is 0 Å². The fraction of sp³-hybridized carbons (Fsp3) is 0.940. The molecule has 0 spiro atoms. The third-order valence-electron chi connectivity index (χ3n) is 34.0. The fourth-order valence-corrected chi connectivity index (χ4v) is 19.0. The highest BCUT2D eigenvalue weighted by molar-refractivity contribution is 5.80. The van der Waals surface area contributed by atoms with Gasteiger partial charge < -0.3 is 37.9 Å². The van der Waals surface area contributed by atoms with E-state index in [0.29, 0.717) is 0 Å². The highest BCUT2D eigenvalue weighted by Crippen LogP contribution is 2.51. The summed E-state index contributed by atoms with van der Waals surface area (Å²) in [4.78, 5) is 97.6. The molecule has 8 fully saturated rings. The summed E-state index contributed by atoms with van der Waals surface area (Å²) in [5.74, 6) is -0.117. The van der Waals surface area contributed by atoms with Crippen LogP contribution in [0.5, 0.6) is 0 Å². The van der Waals surface area contributed by atoms with E-state index in [-0.39, 0.29) is 266 Å². The van der Waals surface area contributed by atoms with E-state index in [0.717, 1.165) is 199 Å². The fourth-order valence-electron chi connectivity index (χ4n) is 19.0. The summed E-state index contributed by atoms with van der Waals surface area (Å²) in [6, 6.07) is 0. The second-order valence-corrected chi connectivity index (χ2v) is 50.4. The van der Waals surface area contributed by atoms with E-state index in [2.05, 4.69) is 104 Å². The van der Waals surface area contributed by atoms with Crippen LogP contribution in [-0.2, 0) is 76.3 Å². The Morgan fingerprint density at radius 1 is 0.180 bits per heavy atom. The maximum Gasteiger partial charge on any atom is 0.312 e. The molecule has 8 saturated carbocycles. The van der Waals surface area contributed by atoms with E-state index in [1.165, 1.54) is 161 Å². The normalized spacial score (nSPS) is 18.0. The second-order valence-electron chi connectivity index (χ2n) is 50.4. The third kappa shape index (κ3) is 58.5. The SMILES string of the molecule is C.C.C.C.C.C.C.C.C.C.C.C.C.C.C.C.CCC(C)(C)C(=O)OC1(C(C)(C)C)CCCC1.CCC(C)(C)C(=O)OC1(C(C)(C)C)CCCCC1.CCC(C)(C)C(=O)OC1(C)CCCCC1.CCC1(OC(=O)C(C)(C)CC)CCCCC1.CCCC1(OC(=O)C(C)(C)CC)CCCC1.CCCC1(OC(=O)C(C)(C)CC)CCCCC1.CCCCC1(OC(=O)C(C)(C)CC)CCCC1.CCCCC1(OC(=O)C(C)(C)CC)CCCCC1. The minimum atomic E-state index is -0.365. The van der Waals surface area contributed by atoms with E-state index < -0.39 is 0 Å². The zero-order valence-electron chi connectivity index (χ0n) is 95.1. The first kappa shape index (κ1) is 181. The third-order valence-corrected chi connectivity index (χ3v) is 34.0. The second kappa shape index (κ2) is 81.4. The topological polar surface area (TPSA) is 210 Å². The molecule has 8 aliphatic carbocycles. The van der Waals surface area contributed by atoms with E-state index in [1.54, 1.807) is 0 Å². The Bertz CT molecular complexity index is 3310. The number of ether oxygens (including phenoxy) is 8. The van der Waals surface area contributed by atoms with Gasteiger partial charge in [0.2, 0.25) is 0 Å². The molecule has 8 rings (SSSR count). The number of rotatable bonds is 35. The maximum absolute atomic E-state index is 12.4. The van der Waals surface area contributed by atoms with Gasteiger partial charge in [-0.05, 0) is 419 Å². The minimum Gasteiger partial charge on any atom is -0.459 e. The zero-order valence-corrected chi connectivity index (χ0v) is 95.1. The van der Waals surface area contributed by atoms with Crippen molar-refractivity contribution in [1.29, 1.82) is 0 Å². The van der Waals surface area contributed by atoms with Gasteiger partial charge in [-0.2, -0.15) is 0 Å². The number of unbranched alkanes of at least 4 members (excludes halogenated alkanes) is 2. The molecular formula is C134H284O16. The average Bonchev–Trinajstić information content (AvgIpc) is 1.57. The molecule has 0 aromatic heterocycles. The summed E-state index contributed by atoms with van der Waals surface area (Å²) < 4.78 is 47.3. The van der Waals surface area contributed by atoms with Gasteiger partial charge in [-0.3, -0.25) is 38.4 Å². The summed E-state index contributed by atoms with van der Waals surface area (Å²) in [7, 11) is 0. The van der Waals surface area contributed by atoms with Gasteiger partial charge in [0.1, 0.15) is 44.8 Å². The van der Waals surface area contributed by atoms with Crippen LogP contribution in [0.3, 0.4) is 0 Å². The molecular weight excluding hydrogens is 1870 g/mol. The van der Waals surface area contributed by atoms with Crippen molar-refractivity contribution in [2.24, 2.45) is 54.1 Å². The summed E-state index contributed by atoms with van der Waals surface area (Å²) in [6.07, 6.45) is 61.0. The van der Waals surface area contributed by atoms with Crippen molar-refractivity contribution in [2.75, 3.05) is 0 Å². The molecule has 16 nitrogen and oxygen atoms in total. The van der Waals surface area contributed by atoms with Crippen molar-refractivity contribution >= 4 is 47.8 Å². The summed E-state index contributed by atoms with van der Waals surface area (Å²) in [6.45, 7) is 74.1. The standard InChI is InChI=1S/2C16H30O2.3C15H28O2.2C14H26O2.C13H24O2.16CH4/c1-7-15(5,6)13(17)18-16(14(2,3)4)11-9-8-10-12-16;1-5-7-11-16(12-9-8-10-13-16)18-14(17)15(3,4)6-2;1-7-14(5,6)12(16)17-15(13(2,3)4)10-8-9-11-15;1-5-10-15(11-8-7-9-12-15)17-13(16)14(3,4)6-2;1-5-7-10-15(11-8-9-12-15)17-13(16)14(3,4)6-2;1-5-13(3,4)12(15)16-14(6-2)10-8-7-9-11-14;1-5-9-14(10-7-8-11-14)16-12(15)13(3,4)6-2;1-5-12(2,3)11(14)15-13(4)9-7-6-8-10-13;;;;;;;;;;;;;;;;/h7-12H2,1-6H3;5-13H2,1-4H3;7-11H2,1-6H3;2*5-12H2,1-4H3;2*5-11H2,1-4H3;5-10H2,1-4H3;16*1H4. The van der Waals surface area contributed by atoms with Crippen molar-refractivity contribution in [2.45, 2.75) is 772 Å². The van der Waals surface area contributed by atoms with Crippen LogP contribution in [0.15, 0.2) is 0 Å². The lowest BCUT2D eigenvalue weighted by Crippen LogP contribution is -2.50. The first-order valence-electron chi connectivity index (χ1n) is 55.8. The summed E-state index contributed by atoms with van der Waals surface area (Å²) in [5.41, 5.74) is -4.05. The molecule has 0 atom stereocenters. The smallest absolute Gasteiger partial charge is 0.312 e. The monoisotopic (exact) mass is 2150 g/mol. The molecule has 0 heterocycles. The number of hydrogen-bond donors (Lipinski definition) is 0. The molecule has 0 saturated heterocycles. The number of esters is 8. The number of carbonyl (C=O) groups excluding carboxylic acids is 8. The molecule has 0 aromatic rings. The molecule has 16 heteroatoms. The number of hydrogen-bond acceptors (Lipinski definition) is 16. The average molecular weight is 2150 g/mol. The Morgan fingerprint density at radius 3 is 0.500 bits per heavy atom. The highest BCUT2D eigenvalue weighted by Gasteiger charge is 2.52. The quantitative estimate of drug-likeness (QED) is 0.0426. The van der Waals surface area contributed by atoms with Crippen molar-refractivity contribution in [3.05, 3.63) is 0 Å². The van der Waals surface area contributed by atoms with Crippen LogP contribution in [-0.4, -0.2) is 92.6 Å². The first-order valence-corrected chi connectivity index (χ1v) is 55.8. The molecule has 150 heavy (non-hydrogen) atoms. The maximum atomic E-state index is 12.4. The lowest BCUT2D eigenvalue weighted by atomic mass is 9.68. The van der Waals surface area contributed by atoms with Gasteiger partial charge in [-0.1, -0.05) is 308 Å². The summed E-state index contributed by atoms with van der Waals surface area (Å²) in [5, 5.41) is 0. The van der Waals surface area contributed by atoms with Crippen LogP contribution in [0.2, 0.25) is 0 Å². The van der Waals surface area contributed by atoms with E-state index in [1.807, 2.05) is 145 Å². The molecule has 8 aliphatic rings. The first-order chi connectivity index (χ1) is 62.0. The van der Waals surface area contributed by atoms with Crippen LogP contribution in [0.1, 0.15) is 728 Å². The van der Waals surface area contributed by atoms with E-state index in [4.69, 9.17) is 37.9 Å². The van der Waals surface area contributed by atoms with Gasteiger partial charge in [0.25, 0.3) is 0 Å². The Morgan fingerprint density at radius 2 is 0.327 bits per heavy atom. The Labute approximate surface area is 945 Å². The van der Waals surface area contributed by atoms with Crippen molar-refractivity contribution in [3.8, 4) is 0 Å². The molecule has 0 aliphatic heterocycles. The lowest BCUT2D eigenvalue weighted by molar-refractivity contribution is -0.190. The Hall–Kier alpha value is -4.24. The van der Waals surface area contributed by atoms with Gasteiger partial charge in [0, 0.05) is 10.8 Å². The van der Waals surface area contributed by atoms with Gasteiger partial charge >= 0.3 is 47.8 Å². The molecule has 0 radical (unpaired) electrons. The highest BCUT2D eigenvalue weighted by atomic mass is 16.6. The van der Waals surface area contributed by atoms with Crippen molar-refractivity contribution in [1.82, 2.24) is 0 Å². The molecule has 0 bridgehead atoms. The molecule has 916 valence electrons. The molecule has 0 unspecified atom stereocenters. The Balaban J connectivity index is -0.0000000963. The van der Waals surface area contributed by atoms with Gasteiger partial charge in [-0.25, -0.2) is 0 Å². The van der Waals surface area contributed by atoms with E-state index in [9.17, 15) is 38.4 Å². The van der Waals surface area contributed by atoms with Gasteiger partial charge in [0.15, 0.2) is 0 Å². The largest absolute Gasteiger partial charge is 0.459 e. The van der Waals surface area contributed by atoms with Crippen molar-refractivity contribution in [3.63, 3.8) is 0 Å². The lowest BCUT2D eigenvalue weighted by Gasteiger charge is -2.47. The van der Waals surface area contributed by atoms with Gasteiger partial charge in [-0.15, -0.1) is 0 Å². The predicted molar refractivity (Wildman–Crippen MR) is 665 cm³/mol. The van der Waals surface area contributed by atoms with Crippen LogP contribution < -0.4 is 0 Å². The summed E-state index contributed by atoms with van der Waals surface area (Å²) >= 11 is 0. The zero-order chi connectivity index (χ0) is 103. The minimum absolute atomic E-state index is 0. The number of carbonyl (C=O) groups is 8. The van der Waals surface area contributed by atoms with Crippen LogP contribution in [0.4, 0.5) is 0 Å². The molecule has 0 N–H and O–H groups in total. The van der Waals surface area contributed by atoms with Crippen LogP contribution in [0.25, 0.3) is 0 Å². The predicted octanol–water partition coefficient (Wildman–Crippen LogP) is 44.9.